The normalized spacial score (nSPS) is 10.4. The number of rotatable bonds is 1. The molecule has 2 aromatic rings. The van der Waals surface area contributed by atoms with Gasteiger partial charge in [0.15, 0.2) is 0 Å². The number of hydrogen-bond acceptors (Lipinski definition) is 3. The van der Waals surface area contributed by atoms with Crippen LogP contribution in [0.1, 0.15) is 0 Å². The van der Waals surface area contributed by atoms with Gasteiger partial charge in [-0.3, -0.25) is 4.79 Å². The Hall–Kier alpha value is -1.01. The van der Waals surface area contributed by atoms with Crippen molar-refractivity contribution in [1.29, 1.82) is 0 Å². The molecule has 0 radical (unpaired) electrons. The standard InChI is InChI=1S/C8H4BrFN2OS/c9-5-2-1-4(14-5)7-6(10)8(13)12-3-11-7/h1-3H,(H,11,12,13). The van der Waals surface area contributed by atoms with Crippen LogP contribution in [0, 0.1) is 5.82 Å². The van der Waals surface area contributed by atoms with Crippen molar-refractivity contribution >= 4 is 27.3 Å². The highest BCUT2D eigenvalue weighted by molar-refractivity contribution is 9.11. The molecule has 2 rings (SSSR count). The van der Waals surface area contributed by atoms with Crippen LogP contribution < -0.4 is 5.56 Å². The van der Waals surface area contributed by atoms with Crippen molar-refractivity contribution < 1.29 is 4.39 Å². The highest BCUT2D eigenvalue weighted by Gasteiger charge is 2.11. The summed E-state index contributed by atoms with van der Waals surface area (Å²) in [5, 5.41) is 0. The Morgan fingerprint density at radius 3 is 2.93 bits per heavy atom. The van der Waals surface area contributed by atoms with Crippen LogP contribution in [-0.2, 0) is 0 Å². The minimum Gasteiger partial charge on any atom is -0.311 e. The predicted molar refractivity (Wildman–Crippen MR) is 55.8 cm³/mol. The van der Waals surface area contributed by atoms with E-state index in [0.717, 1.165) is 3.79 Å². The fourth-order valence-corrected chi connectivity index (χ4v) is 2.37. The molecule has 0 amide bonds. The first-order valence-electron chi connectivity index (χ1n) is 3.67. The van der Waals surface area contributed by atoms with E-state index in [9.17, 15) is 9.18 Å². The molecule has 14 heavy (non-hydrogen) atoms. The van der Waals surface area contributed by atoms with E-state index in [1.165, 1.54) is 17.7 Å². The highest BCUT2D eigenvalue weighted by Crippen LogP contribution is 2.30. The molecule has 0 bridgehead atoms. The van der Waals surface area contributed by atoms with Crippen LogP contribution in [0.5, 0.6) is 0 Å². The molecule has 6 heteroatoms. The van der Waals surface area contributed by atoms with Gasteiger partial charge in [-0.25, -0.2) is 4.98 Å². The molecule has 2 heterocycles. The summed E-state index contributed by atoms with van der Waals surface area (Å²) in [6.07, 6.45) is 1.19. The monoisotopic (exact) mass is 274 g/mol. The van der Waals surface area contributed by atoms with Crippen molar-refractivity contribution in [2.24, 2.45) is 0 Å². The zero-order valence-corrected chi connectivity index (χ0v) is 9.15. The number of nitrogens with zero attached hydrogens (tertiary/aromatic N) is 1. The zero-order chi connectivity index (χ0) is 10.1. The number of H-pyrrole nitrogens is 1. The van der Waals surface area contributed by atoms with E-state index in [0.29, 0.717) is 4.88 Å². The maximum Gasteiger partial charge on any atom is 0.287 e. The minimum absolute atomic E-state index is 0.0875. The summed E-state index contributed by atoms with van der Waals surface area (Å²) in [6, 6.07) is 3.49. The van der Waals surface area contributed by atoms with E-state index in [2.05, 4.69) is 25.9 Å². The van der Waals surface area contributed by atoms with E-state index in [1.807, 2.05) is 0 Å². The van der Waals surface area contributed by atoms with Crippen molar-refractivity contribution in [2.45, 2.75) is 0 Å². The van der Waals surface area contributed by atoms with Gasteiger partial charge in [0.1, 0.15) is 5.69 Å². The second kappa shape index (κ2) is 3.62. The number of aromatic amines is 1. The largest absolute Gasteiger partial charge is 0.311 e. The summed E-state index contributed by atoms with van der Waals surface area (Å²) in [5.74, 6) is -0.846. The van der Waals surface area contributed by atoms with Gasteiger partial charge in [0, 0.05) is 0 Å². The van der Waals surface area contributed by atoms with Gasteiger partial charge in [-0.2, -0.15) is 4.39 Å². The van der Waals surface area contributed by atoms with Gasteiger partial charge in [0.25, 0.3) is 5.56 Å². The fourth-order valence-electron chi connectivity index (χ4n) is 0.996. The van der Waals surface area contributed by atoms with E-state index in [-0.39, 0.29) is 5.69 Å². The van der Waals surface area contributed by atoms with E-state index >= 15 is 0 Å². The molecule has 0 saturated heterocycles. The summed E-state index contributed by atoms with van der Waals surface area (Å²) in [7, 11) is 0. The molecule has 0 aliphatic carbocycles. The first-order chi connectivity index (χ1) is 6.68. The Morgan fingerprint density at radius 2 is 2.29 bits per heavy atom. The van der Waals surface area contributed by atoms with Crippen LogP contribution in [0.3, 0.4) is 0 Å². The Bertz CT molecular complexity index is 522. The van der Waals surface area contributed by atoms with Crippen molar-refractivity contribution in [3.63, 3.8) is 0 Å². The molecule has 0 atom stereocenters. The van der Waals surface area contributed by atoms with E-state index < -0.39 is 11.4 Å². The first kappa shape index (κ1) is 9.54. The lowest BCUT2D eigenvalue weighted by molar-refractivity contribution is 0.605. The van der Waals surface area contributed by atoms with Crippen LogP contribution in [0.4, 0.5) is 4.39 Å². The third-order valence-corrected chi connectivity index (χ3v) is 3.23. The minimum atomic E-state index is -0.846. The van der Waals surface area contributed by atoms with Crippen molar-refractivity contribution in [3.8, 4) is 10.6 Å². The molecule has 0 aromatic carbocycles. The molecule has 3 nitrogen and oxygen atoms in total. The number of hydrogen-bond donors (Lipinski definition) is 1. The van der Waals surface area contributed by atoms with Crippen LogP contribution in [0.15, 0.2) is 27.0 Å². The molecule has 0 unspecified atom stereocenters. The molecule has 0 spiro atoms. The maximum atomic E-state index is 13.3. The van der Waals surface area contributed by atoms with Gasteiger partial charge in [0.05, 0.1) is 15.0 Å². The summed E-state index contributed by atoms with van der Waals surface area (Å²) >= 11 is 4.58. The average Bonchev–Trinajstić information content (AvgIpc) is 2.57. The van der Waals surface area contributed by atoms with Gasteiger partial charge in [0.2, 0.25) is 5.82 Å². The maximum absolute atomic E-state index is 13.3. The first-order valence-corrected chi connectivity index (χ1v) is 5.28. The van der Waals surface area contributed by atoms with E-state index in [1.54, 1.807) is 12.1 Å². The lowest BCUT2D eigenvalue weighted by Crippen LogP contribution is -2.12. The lowest BCUT2D eigenvalue weighted by atomic mass is 10.3. The highest BCUT2D eigenvalue weighted by atomic mass is 79.9. The topological polar surface area (TPSA) is 45.8 Å². The second-order valence-electron chi connectivity index (χ2n) is 2.50. The SMILES string of the molecule is O=c1[nH]cnc(-c2ccc(Br)s2)c1F. The van der Waals surface area contributed by atoms with Gasteiger partial charge < -0.3 is 4.98 Å². The van der Waals surface area contributed by atoms with Crippen LogP contribution >= 0.6 is 27.3 Å². The smallest absolute Gasteiger partial charge is 0.287 e. The summed E-state index contributed by atoms with van der Waals surface area (Å²) in [6.45, 7) is 0. The number of aromatic nitrogens is 2. The van der Waals surface area contributed by atoms with Crippen LogP contribution in [0.2, 0.25) is 0 Å². The molecule has 72 valence electrons. The number of thiophene rings is 1. The fraction of sp³-hybridized carbons (Fsp3) is 0. The molecule has 0 aliphatic rings. The quantitative estimate of drug-likeness (QED) is 0.868. The number of halogens is 2. The van der Waals surface area contributed by atoms with Gasteiger partial charge in [-0.05, 0) is 28.1 Å². The molecule has 0 aliphatic heterocycles. The summed E-state index contributed by atoms with van der Waals surface area (Å²) in [5.41, 5.74) is -0.663. The predicted octanol–water partition coefficient (Wildman–Crippen LogP) is 2.40. The molecule has 2 aromatic heterocycles. The second-order valence-corrected chi connectivity index (χ2v) is 4.96. The molecular formula is C8H4BrFN2OS. The van der Waals surface area contributed by atoms with Gasteiger partial charge in [-0.1, -0.05) is 0 Å². The Kier molecular flexibility index (Phi) is 2.47. The van der Waals surface area contributed by atoms with Crippen molar-refractivity contribution in [2.75, 3.05) is 0 Å². The third-order valence-electron chi connectivity index (χ3n) is 1.60. The van der Waals surface area contributed by atoms with E-state index in [4.69, 9.17) is 0 Å². The zero-order valence-electron chi connectivity index (χ0n) is 6.75. The van der Waals surface area contributed by atoms with Gasteiger partial charge >= 0.3 is 0 Å². The molecule has 0 fully saturated rings. The van der Waals surface area contributed by atoms with Crippen molar-refractivity contribution in [1.82, 2.24) is 9.97 Å². The Balaban J connectivity index is 2.63. The Labute approximate surface area is 90.8 Å². The van der Waals surface area contributed by atoms with Crippen LogP contribution in [-0.4, -0.2) is 9.97 Å². The molecule has 0 saturated carbocycles. The Morgan fingerprint density at radius 1 is 1.50 bits per heavy atom. The third kappa shape index (κ3) is 1.62. The van der Waals surface area contributed by atoms with Crippen LogP contribution in [0.25, 0.3) is 10.6 Å². The summed E-state index contributed by atoms with van der Waals surface area (Å²) < 4.78 is 14.2. The molecular weight excluding hydrogens is 271 g/mol. The molecule has 1 N–H and O–H groups in total. The summed E-state index contributed by atoms with van der Waals surface area (Å²) in [4.78, 5) is 17.5. The average molecular weight is 275 g/mol. The number of nitrogens with one attached hydrogen (secondary N) is 1. The lowest BCUT2D eigenvalue weighted by Gasteiger charge is -1.95. The van der Waals surface area contributed by atoms with Gasteiger partial charge in [-0.15, -0.1) is 11.3 Å². The van der Waals surface area contributed by atoms with Crippen molar-refractivity contribution in [3.05, 3.63) is 38.4 Å².